The van der Waals surface area contributed by atoms with E-state index in [0.29, 0.717) is 51.8 Å². The summed E-state index contributed by atoms with van der Waals surface area (Å²) >= 11 is 0. The van der Waals surface area contributed by atoms with E-state index in [0.717, 1.165) is 42.2 Å². The van der Waals surface area contributed by atoms with Crippen molar-refractivity contribution in [3.05, 3.63) is 67.0 Å². The average molecular weight is 537 g/mol. The highest BCUT2D eigenvalue weighted by Crippen LogP contribution is 2.33. The van der Waals surface area contributed by atoms with Crippen molar-refractivity contribution in [2.45, 2.75) is 12.8 Å². The number of benzene rings is 1. The molecule has 5 aromatic heterocycles. The Kier molecular flexibility index (Phi) is 6.05. The van der Waals surface area contributed by atoms with Crippen molar-refractivity contribution in [3.8, 4) is 45.3 Å². The lowest BCUT2D eigenvalue weighted by atomic mass is 10.1. The van der Waals surface area contributed by atoms with Crippen LogP contribution in [0.1, 0.15) is 12.8 Å². The summed E-state index contributed by atoms with van der Waals surface area (Å²) in [5, 5.41) is 18.1. The van der Waals surface area contributed by atoms with Crippen LogP contribution in [0, 0.1) is 5.82 Å². The van der Waals surface area contributed by atoms with E-state index in [1.54, 1.807) is 30.9 Å². The molecule has 1 saturated heterocycles. The first-order valence-electron chi connectivity index (χ1n) is 13.1. The zero-order valence-corrected chi connectivity index (χ0v) is 21.4. The first kappa shape index (κ1) is 24.2. The standard InChI is InChI=1S/C29H25FN8O2/c30-20-9-17(10-21(39)13-20)23-3-4-32-28-25(23)34-29(35-28)26-24-12-19(15-33-27(24)37-36-26)18-11-22(16-31-14-18)40-8-7-38-5-1-2-6-38/h3-4,9-16,39H,1-2,5-8H2,(H,32,34,35)(H,33,36,37). The predicted octanol–water partition coefficient (Wildman–Crippen LogP) is 4.94. The third-order valence-corrected chi connectivity index (χ3v) is 7.14. The molecule has 6 heterocycles. The molecule has 1 fully saturated rings. The van der Waals surface area contributed by atoms with Gasteiger partial charge in [0.1, 0.15) is 35.1 Å². The predicted molar refractivity (Wildman–Crippen MR) is 148 cm³/mol. The Morgan fingerprint density at radius 1 is 0.950 bits per heavy atom. The van der Waals surface area contributed by atoms with Crippen molar-refractivity contribution in [1.29, 1.82) is 0 Å². The highest BCUT2D eigenvalue weighted by atomic mass is 19.1. The molecule has 11 heteroatoms. The van der Waals surface area contributed by atoms with Crippen LogP contribution in [0.25, 0.3) is 56.0 Å². The summed E-state index contributed by atoms with van der Waals surface area (Å²) < 4.78 is 20.0. The molecule has 200 valence electrons. The average Bonchev–Trinajstić information content (AvgIpc) is 3.71. The minimum Gasteiger partial charge on any atom is -0.508 e. The SMILES string of the molecule is Oc1cc(F)cc(-c2ccnc3[nH]c(-c4n[nH]c5ncc(-c6cncc(OCCN7CCCC7)c6)cc45)nc23)c1. The fraction of sp³-hybridized carbons (Fsp3) is 0.207. The van der Waals surface area contributed by atoms with Gasteiger partial charge in [-0.25, -0.2) is 19.3 Å². The molecule has 0 saturated carbocycles. The molecule has 0 spiro atoms. The number of aromatic nitrogens is 7. The summed E-state index contributed by atoms with van der Waals surface area (Å²) in [5.74, 6) is 0.493. The fourth-order valence-electron chi connectivity index (χ4n) is 5.18. The molecule has 0 atom stereocenters. The number of halogens is 1. The molecular formula is C29H25FN8O2. The van der Waals surface area contributed by atoms with Gasteiger partial charge in [0.2, 0.25) is 0 Å². The maximum Gasteiger partial charge on any atom is 0.161 e. The molecule has 0 unspecified atom stereocenters. The van der Waals surface area contributed by atoms with E-state index in [9.17, 15) is 9.50 Å². The second-order valence-electron chi connectivity index (χ2n) is 9.84. The Balaban J connectivity index is 1.21. The first-order chi connectivity index (χ1) is 19.6. The minimum atomic E-state index is -0.539. The van der Waals surface area contributed by atoms with Crippen LogP contribution in [0.3, 0.4) is 0 Å². The number of likely N-dealkylation sites (tertiary alicyclic amines) is 1. The van der Waals surface area contributed by atoms with Gasteiger partial charge in [-0.15, -0.1) is 0 Å². The number of hydrogen-bond acceptors (Lipinski definition) is 8. The van der Waals surface area contributed by atoms with Gasteiger partial charge >= 0.3 is 0 Å². The molecule has 3 N–H and O–H groups in total. The summed E-state index contributed by atoms with van der Waals surface area (Å²) in [5.41, 5.74) is 5.08. The zero-order chi connectivity index (χ0) is 27.1. The fourth-order valence-corrected chi connectivity index (χ4v) is 5.18. The maximum absolute atomic E-state index is 14.0. The minimum absolute atomic E-state index is 0.164. The third-order valence-electron chi connectivity index (χ3n) is 7.14. The van der Waals surface area contributed by atoms with E-state index in [-0.39, 0.29) is 5.75 Å². The van der Waals surface area contributed by atoms with Gasteiger partial charge in [0.15, 0.2) is 17.1 Å². The van der Waals surface area contributed by atoms with Crippen LogP contribution in [0.2, 0.25) is 0 Å². The van der Waals surface area contributed by atoms with Crippen molar-refractivity contribution in [1.82, 2.24) is 40.0 Å². The van der Waals surface area contributed by atoms with Crippen LogP contribution in [0.5, 0.6) is 11.5 Å². The number of nitrogens with zero attached hydrogens (tertiary/aromatic N) is 6. The van der Waals surface area contributed by atoms with Gasteiger partial charge < -0.3 is 14.8 Å². The second kappa shape index (κ2) is 10.0. The molecule has 0 amide bonds. The molecular weight excluding hydrogens is 511 g/mol. The van der Waals surface area contributed by atoms with Crippen molar-refractivity contribution < 1.29 is 14.2 Å². The number of phenolic OH excluding ortho intramolecular Hbond substituents is 1. The topological polar surface area (TPSA) is 129 Å². The van der Waals surface area contributed by atoms with Gasteiger partial charge in [0.25, 0.3) is 0 Å². The van der Waals surface area contributed by atoms with Gasteiger partial charge in [-0.1, -0.05) is 0 Å². The Bertz CT molecular complexity index is 1820. The van der Waals surface area contributed by atoms with E-state index in [1.807, 2.05) is 12.1 Å². The van der Waals surface area contributed by atoms with Crippen molar-refractivity contribution in [2.24, 2.45) is 0 Å². The Morgan fingerprint density at radius 3 is 2.70 bits per heavy atom. The normalized spacial score (nSPS) is 13.9. The Hall–Kier alpha value is -4.90. The van der Waals surface area contributed by atoms with E-state index in [2.05, 4.69) is 35.0 Å². The van der Waals surface area contributed by atoms with Gasteiger partial charge in [-0.05, 0) is 61.8 Å². The summed E-state index contributed by atoms with van der Waals surface area (Å²) in [7, 11) is 0. The Morgan fingerprint density at radius 2 is 1.82 bits per heavy atom. The highest BCUT2D eigenvalue weighted by molar-refractivity contribution is 5.96. The number of rotatable bonds is 7. The van der Waals surface area contributed by atoms with Crippen LogP contribution in [0.4, 0.5) is 4.39 Å². The molecule has 0 bridgehead atoms. The number of fused-ring (bicyclic) bond motifs is 2. The smallest absolute Gasteiger partial charge is 0.161 e. The lowest BCUT2D eigenvalue weighted by Gasteiger charge is -2.15. The summed E-state index contributed by atoms with van der Waals surface area (Å²) in [4.78, 5) is 23.7. The van der Waals surface area contributed by atoms with Crippen LogP contribution in [-0.4, -0.2) is 71.4 Å². The molecule has 1 aromatic carbocycles. The van der Waals surface area contributed by atoms with Crippen LogP contribution in [-0.2, 0) is 0 Å². The van der Waals surface area contributed by atoms with E-state index in [1.165, 1.54) is 25.0 Å². The highest BCUT2D eigenvalue weighted by Gasteiger charge is 2.18. The van der Waals surface area contributed by atoms with E-state index >= 15 is 0 Å². The van der Waals surface area contributed by atoms with Crippen LogP contribution < -0.4 is 4.74 Å². The number of phenols is 1. The van der Waals surface area contributed by atoms with Gasteiger partial charge in [-0.2, -0.15) is 5.10 Å². The lowest BCUT2D eigenvalue weighted by molar-refractivity contribution is 0.237. The quantitative estimate of drug-likeness (QED) is 0.262. The number of pyridine rings is 3. The van der Waals surface area contributed by atoms with Crippen LogP contribution >= 0.6 is 0 Å². The van der Waals surface area contributed by atoms with Crippen LogP contribution in [0.15, 0.2) is 61.2 Å². The molecule has 10 nitrogen and oxygen atoms in total. The van der Waals surface area contributed by atoms with Gasteiger partial charge in [0, 0.05) is 47.9 Å². The van der Waals surface area contributed by atoms with Crippen molar-refractivity contribution in [2.75, 3.05) is 26.2 Å². The van der Waals surface area contributed by atoms with Crippen molar-refractivity contribution >= 4 is 22.2 Å². The molecule has 1 aliphatic heterocycles. The summed E-state index contributed by atoms with van der Waals surface area (Å²) in [6, 6.07) is 9.58. The molecule has 6 aromatic rings. The number of nitrogens with one attached hydrogen (secondary N) is 2. The zero-order valence-electron chi connectivity index (χ0n) is 21.4. The largest absolute Gasteiger partial charge is 0.508 e. The summed E-state index contributed by atoms with van der Waals surface area (Å²) in [6.45, 7) is 3.80. The number of aromatic amines is 2. The van der Waals surface area contributed by atoms with Gasteiger partial charge in [-0.3, -0.25) is 15.0 Å². The maximum atomic E-state index is 14.0. The van der Waals surface area contributed by atoms with Crippen molar-refractivity contribution in [3.63, 3.8) is 0 Å². The second-order valence-corrected chi connectivity index (χ2v) is 9.84. The molecule has 7 rings (SSSR count). The number of aromatic hydroxyl groups is 1. The number of hydrogen-bond donors (Lipinski definition) is 3. The number of ether oxygens (including phenoxy) is 1. The third kappa shape index (κ3) is 4.60. The number of imidazole rings is 1. The van der Waals surface area contributed by atoms with Gasteiger partial charge in [0.05, 0.1) is 11.6 Å². The Labute approximate surface area is 227 Å². The summed E-state index contributed by atoms with van der Waals surface area (Å²) in [6.07, 6.45) is 9.39. The molecule has 40 heavy (non-hydrogen) atoms. The molecule has 0 radical (unpaired) electrons. The first-order valence-corrected chi connectivity index (χ1v) is 13.1. The van der Waals surface area contributed by atoms with E-state index in [4.69, 9.17) is 9.72 Å². The molecule has 0 aliphatic carbocycles. The monoisotopic (exact) mass is 536 g/mol. The lowest BCUT2D eigenvalue weighted by Crippen LogP contribution is -2.25. The number of H-pyrrole nitrogens is 2. The van der Waals surface area contributed by atoms with E-state index < -0.39 is 5.82 Å². The molecule has 1 aliphatic rings.